The molecule has 7 heteroatoms. The van der Waals surface area contributed by atoms with Gasteiger partial charge in [-0.05, 0) is 56.3 Å². The number of benzene rings is 2. The van der Waals surface area contributed by atoms with Gasteiger partial charge in [-0.2, -0.15) is 10.2 Å². The molecular weight excluding hydrogens is 342 g/mol. The van der Waals surface area contributed by atoms with Gasteiger partial charge in [-0.15, -0.1) is 0 Å². The van der Waals surface area contributed by atoms with Crippen LogP contribution in [0.5, 0.6) is 5.75 Å². The standard InChI is InChI=1S/C20H19N5O2/c21-14-25(20(22)26-16-6-2-1-3-7-16)15-8-9-18-17(12-15)23-19(27-18)13-24-10-4-5-11-24/h1-3,6-9,12,22H,4-5,10-11,13H2. The van der Waals surface area contributed by atoms with E-state index in [9.17, 15) is 5.26 Å². The number of aromatic nitrogens is 1. The van der Waals surface area contributed by atoms with Gasteiger partial charge in [-0.25, -0.2) is 10.4 Å². The Morgan fingerprint density at radius 2 is 2.00 bits per heavy atom. The van der Waals surface area contributed by atoms with Gasteiger partial charge in [-0.3, -0.25) is 4.90 Å². The number of ether oxygens (including phenoxy) is 1. The highest BCUT2D eigenvalue weighted by Crippen LogP contribution is 2.24. The number of likely N-dealkylation sites (tertiary alicyclic amines) is 1. The van der Waals surface area contributed by atoms with E-state index in [1.807, 2.05) is 24.4 Å². The molecule has 3 aromatic rings. The molecule has 0 unspecified atom stereocenters. The maximum absolute atomic E-state index is 9.50. The molecule has 2 aromatic carbocycles. The molecule has 0 aliphatic carbocycles. The Balaban J connectivity index is 1.54. The van der Waals surface area contributed by atoms with Crippen LogP contribution in [0.2, 0.25) is 0 Å². The number of anilines is 1. The van der Waals surface area contributed by atoms with E-state index in [1.165, 1.54) is 12.8 Å². The first-order valence-electron chi connectivity index (χ1n) is 8.86. The SMILES string of the molecule is N#CN(C(=N)Oc1ccccc1)c1ccc2oc(CN3CCCC3)nc2c1. The molecule has 136 valence electrons. The van der Waals surface area contributed by atoms with Crippen LogP contribution in [0.4, 0.5) is 5.69 Å². The van der Waals surface area contributed by atoms with Gasteiger partial charge in [0, 0.05) is 0 Å². The lowest BCUT2D eigenvalue weighted by atomic mass is 10.2. The number of nitriles is 1. The smallest absolute Gasteiger partial charge is 0.308 e. The molecule has 1 N–H and O–H groups in total. The van der Waals surface area contributed by atoms with Crippen molar-refractivity contribution in [1.82, 2.24) is 9.88 Å². The Morgan fingerprint density at radius 3 is 2.74 bits per heavy atom. The molecule has 4 rings (SSSR count). The Hall–Kier alpha value is -3.37. The van der Waals surface area contributed by atoms with E-state index in [0.717, 1.165) is 18.0 Å². The fraction of sp³-hybridized carbons (Fsp3) is 0.250. The molecule has 1 saturated heterocycles. The van der Waals surface area contributed by atoms with Crippen LogP contribution in [0, 0.1) is 16.9 Å². The summed E-state index contributed by atoms with van der Waals surface area (Å²) in [7, 11) is 0. The maximum atomic E-state index is 9.50. The van der Waals surface area contributed by atoms with E-state index in [-0.39, 0.29) is 6.02 Å². The van der Waals surface area contributed by atoms with Crippen molar-refractivity contribution >= 4 is 22.8 Å². The minimum atomic E-state index is -0.274. The highest BCUT2D eigenvalue weighted by atomic mass is 16.5. The van der Waals surface area contributed by atoms with Gasteiger partial charge in [0.15, 0.2) is 11.8 Å². The third kappa shape index (κ3) is 3.76. The number of oxazole rings is 1. The molecule has 0 radical (unpaired) electrons. The lowest BCUT2D eigenvalue weighted by Crippen LogP contribution is -2.29. The fourth-order valence-corrected chi connectivity index (χ4v) is 3.17. The quantitative estimate of drug-likeness (QED) is 0.330. The van der Waals surface area contributed by atoms with Crippen LogP contribution in [-0.4, -0.2) is 29.0 Å². The van der Waals surface area contributed by atoms with Crippen molar-refractivity contribution in [3.05, 3.63) is 54.4 Å². The number of hydrogen-bond donors (Lipinski definition) is 1. The summed E-state index contributed by atoms with van der Waals surface area (Å²) >= 11 is 0. The molecule has 0 spiro atoms. The fourth-order valence-electron chi connectivity index (χ4n) is 3.17. The van der Waals surface area contributed by atoms with Crippen molar-refractivity contribution in [2.24, 2.45) is 0 Å². The van der Waals surface area contributed by atoms with Gasteiger partial charge >= 0.3 is 6.02 Å². The predicted octanol–water partition coefficient (Wildman–Crippen LogP) is 3.72. The highest BCUT2D eigenvalue weighted by molar-refractivity contribution is 5.95. The summed E-state index contributed by atoms with van der Waals surface area (Å²) in [6, 6.07) is 13.9. The average Bonchev–Trinajstić information content (AvgIpc) is 3.32. The minimum Gasteiger partial charge on any atom is -0.439 e. The molecule has 0 bridgehead atoms. The number of fused-ring (bicyclic) bond motifs is 1. The first-order valence-corrected chi connectivity index (χ1v) is 8.86. The molecule has 0 saturated carbocycles. The molecule has 7 nitrogen and oxygen atoms in total. The van der Waals surface area contributed by atoms with Crippen molar-refractivity contribution in [2.45, 2.75) is 19.4 Å². The molecule has 1 aliphatic heterocycles. The number of nitrogens with one attached hydrogen (secondary N) is 1. The summed E-state index contributed by atoms with van der Waals surface area (Å²) in [5.74, 6) is 1.17. The predicted molar refractivity (Wildman–Crippen MR) is 101 cm³/mol. The van der Waals surface area contributed by atoms with E-state index in [0.29, 0.717) is 35.0 Å². The van der Waals surface area contributed by atoms with Crippen LogP contribution in [0.1, 0.15) is 18.7 Å². The van der Waals surface area contributed by atoms with Crippen LogP contribution in [0.3, 0.4) is 0 Å². The zero-order chi connectivity index (χ0) is 18.6. The molecule has 0 amide bonds. The zero-order valence-corrected chi connectivity index (χ0v) is 14.8. The summed E-state index contributed by atoms with van der Waals surface area (Å²) in [5, 5.41) is 17.6. The van der Waals surface area contributed by atoms with E-state index in [1.54, 1.807) is 30.3 Å². The van der Waals surface area contributed by atoms with Crippen LogP contribution in [-0.2, 0) is 6.54 Å². The second-order valence-corrected chi connectivity index (χ2v) is 6.40. The van der Waals surface area contributed by atoms with Crippen LogP contribution < -0.4 is 9.64 Å². The van der Waals surface area contributed by atoms with E-state index < -0.39 is 0 Å². The Morgan fingerprint density at radius 1 is 1.22 bits per heavy atom. The first-order chi connectivity index (χ1) is 13.2. The Kier molecular flexibility index (Phi) is 4.73. The lowest BCUT2D eigenvalue weighted by molar-refractivity contribution is 0.295. The molecular formula is C20H19N5O2. The van der Waals surface area contributed by atoms with Crippen molar-refractivity contribution in [3.63, 3.8) is 0 Å². The molecule has 1 aliphatic rings. The van der Waals surface area contributed by atoms with E-state index >= 15 is 0 Å². The molecule has 27 heavy (non-hydrogen) atoms. The second kappa shape index (κ2) is 7.48. The van der Waals surface area contributed by atoms with Gasteiger partial charge in [0.25, 0.3) is 0 Å². The molecule has 1 aromatic heterocycles. The Labute approximate surface area is 156 Å². The molecule has 2 heterocycles. The summed E-state index contributed by atoms with van der Waals surface area (Å²) in [4.78, 5) is 7.97. The summed E-state index contributed by atoms with van der Waals surface area (Å²) < 4.78 is 11.3. The number of para-hydroxylation sites is 1. The lowest BCUT2D eigenvalue weighted by Gasteiger charge is -2.16. The average molecular weight is 361 g/mol. The van der Waals surface area contributed by atoms with Crippen molar-refractivity contribution in [1.29, 1.82) is 10.7 Å². The monoisotopic (exact) mass is 361 g/mol. The van der Waals surface area contributed by atoms with Crippen LogP contribution >= 0.6 is 0 Å². The summed E-state index contributed by atoms with van der Waals surface area (Å²) in [6.07, 6.45) is 4.41. The van der Waals surface area contributed by atoms with E-state index in [4.69, 9.17) is 14.6 Å². The second-order valence-electron chi connectivity index (χ2n) is 6.40. The van der Waals surface area contributed by atoms with E-state index in [2.05, 4.69) is 9.88 Å². The molecule has 0 atom stereocenters. The maximum Gasteiger partial charge on any atom is 0.308 e. The van der Waals surface area contributed by atoms with Gasteiger partial charge in [0.2, 0.25) is 5.89 Å². The largest absolute Gasteiger partial charge is 0.439 e. The topological polar surface area (TPSA) is 89.4 Å². The number of rotatable bonds is 4. The van der Waals surface area contributed by atoms with Crippen molar-refractivity contribution in [3.8, 4) is 11.9 Å². The number of hydrogen-bond acceptors (Lipinski definition) is 6. The summed E-state index contributed by atoms with van der Waals surface area (Å²) in [6.45, 7) is 2.83. The van der Waals surface area contributed by atoms with Crippen LogP contribution in [0.15, 0.2) is 52.9 Å². The minimum absolute atomic E-state index is 0.274. The zero-order valence-electron chi connectivity index (χ0n) is 14.8. The van der Waals surface area contributed by atoms with Gasteiger partial charge in [0.1, 0.15) is 11.3 Å². The van der Waals surface area contributed by atoms with Crippen molar-refractivity contribution < 1.29 is 9.15 Å². The van der Waals surface area contributed by atoms with Gasteiger partial charge < -0.3 is 9.15 Å². The first kappa shape index (κ1) is 17.1. The van der Waals surface area contributed by atoms with Gasteiger partial charge in [0.05, 0.1) is 12.2 Å². The van der Waals surface area contributed by atoms with Gasteiger partial charge in [-0.1, -0.05) is 18.2 Å². The highest BCUT2D eigenvalue weighted by Gasteiger charge is 2.18. The number of amidine groups is 1. The normalized spacial score (nSPS) is 14.2. The third-order valence-corrected chi connectivity index (χ3v) is 4.49. The van der Waals surface area contributed by atoms with Crippen molar-refractivity contribution in [2.75, 3.05) is 18.0 Å². The summed E-state index contributed by atoms with van der Waals surface area (Å²) in [5.41, 5.74) is 1.84. The number of nitrogens with zero attached hydrogens (tertiary/aromatic N) is 4. The van der Waals surface area contributed by atoms with Crippen LogP contribution in [0.25, 0.3) is 11.1 Å². The Bertz CT molecular complexity index is 987. The third-order valence-electron chi connectivity index (χ3n) is 4.49. The molecule has 1 fully saturated rings.